The molecule has 1 aromatic carbocycles. The molecule has 11 heteroatoms. The largest absolute Gasteiger partial charge is 0.279 e. The highest BCUT2D eigenvalue weighted by Crippen LogP contribution is 2.26. The molecule has 0 fully saturated rings. The van der Waals surface area contributed by atoms with E-state index in [2.05, 4.69) is 25.3 Å². The van der Waals surface area contributed by atoms with Gasteiger partial charge in [-0.25, -0.2) is 9.07 Å². The van der Waals surface area contributed by atoms with E-state index >= 15 is 0 Å². The highest BCUT2D eigenvalue weighted by molar-refractivity contribution is 7.92. The van der Waals surface area contributed by atoms with E-state index in [0.29, 0.717) is 0 Å². The van der Waals surface area contributed by atoms with Gasteiger partial charge in [-0.3, -0.25) is 9.40 Å². The molecule has 0 unspecified atom stereocenters. The lowest BCUT2D eigenvalue weighted by Crippen LogP contribution is -2.16. The second-order valence-corrected chi connectivity index (χ2v) is 7.26. The van der Waals surface area contributed by atoms with Gasteiger partial charge in [0.2, 0.25) is 0 Å². The number of hydrogen-bond donors (Lipinski definition) is 1. The minimum absolute atomic E-state index is 0.0271. The number of nitrogens with one attached hydrogen (secondary N) is 1. The topological polar surface area (TPSA) is 108 Å². The van der Waals surface area contributed by atoms with Crippen molar-refractivity contribution in [1.29, 1.82) is 0 Å². The highest BCUT2D eigenvalue weighted by atomic mass is 32.2. The maximum Gasteiger partial charge on any atom is 0.279 e. The van der Waals surface area contributed by atoms with Gasteiger partial charge in [0, 0.05) is 7.05 Å². The standard InChI is InChI=1S/C14H16FN7O2S/c1-9(2)22-14(17-19-20-22)11-5-4-10(8-12(11)15)18-25(23,24)13-6-7-16-21(13)3/h4-9,18H,1-3H3. The molecule has 0 bridgehead atoms. The van der Waals surface area contributed by atoms with Crippen LogP contribution in [0.25, 0.3) is 11.4 Å². The summed E-state index contributed by atoms with van der Waals surface area (Å²) in [5, 5.41) is 15.0. The Kier molecular flexibility index (Phi) is 4.25. The van der Waals surface area contributed by atoms with Crippen LogP contribution in [0.4, 0.5) is 10.1 Å². The van der Waals surface area contributed by atoms with Crippen LogP contribution in [0, 0.1) is 5.82 Å². The Morgan fingerprint density at radius 1 is 1.24 bits per heavy atom. The van der Waals surface area contributed by atoms with Crippen molar-refractivity contribution < 1.29 is 12.8 Å². The molecule has 0 aliphatic heterocycles. The lowest BCUT2D eigenvalue weighted by Gasteiger charge is -2.11. The van der Waals surface area contributed by atoms with E-state index in [9.17, 15) is 12.8 Å². The summed E-state index contributed by atoms with van der Waals surface area (Å²) in [6.07, 6.45) is 1.37. The zero-order valence-electron chi connectivity index (χ0n) is 13.8. The number of aromatic nitrogens is 6. The molecule has 0 saturated carbocycles. The molecule has 3 aromatic rings. The maximum absolute atomic E-state index is 14.5. The van der Waals surface area contributed by atoms with Crippen LogP contribution in [0.5, 0.6) is 0 Å². The monoisotopic (exact) mass is 365 g/mol. The third-order valence-corrected chi connectivity index (χ3v) is 4.95. The summed E-state index contributed by atoms with van der Waals surface area (Å²) in [7, 11) is -2.36. The fraction of sp³-hybridized carbons (Fsp3) is 0.286. The first kappa shape index (κ1) is 17.0. The molecule has 1 N–H and O–H groups in total. The third-order valence-electron chi connectivity index (χ3n) is 3.50. The Balaban J connectivity index is 1.93. The number of aryl methyl sites for hydroxylation is 1. The number of tetrazole rings is 1. The molecule has 0 aliphatic rings. The van der Waals surface area contributed by atoms with Crippen LogP contribution >= 0.6 is 0 Å². The number of benzene rings is 1. The van der Waals surface area contributed by atoms with E-state index in [1.165, 1.54) is 40.8 Å². The van der Waals surface area contributed by atoms with Gasteiger partial charge in [0.15, 0.2) is 10.9 Å². The molecule has 0 atom stereocenters. The van der Waals surface area contributed by atoms with Gasteiger partial charge < -0.3 is 0 Å². The molecule has 0 saturated heterocycles. The van der Waals surface area contributed by atoms with Crippen molar-refractivity contribution in [3.63, 3.8) is 0 Å². The third kappa shape index (κ3) is 3.22. The van der Waals surface area contributed by atoms with Crippen LogP contribution in [0.3, 0.4) is 0 Å². The van der Waals surface area contributed by atoms with Gasteiger partial charge in [-0.2, -0.15) is 13.5 Å². The molecule has 0 radical (unpaired) electrons. The molecule has 0 aliphatic carbocycles. The Hall–Kier alpha value is -2.82. The molecular weight excluding hydrogens is 349 g/mol. The highest BCUT2D eigenvalue weighted by Gasteiger charge is 2.20. The van der Waals surface area contributed by atoms with E-state index in [0.717, 1.165) is 6.07 Å². The predicted molar refractivity (Wildman–Crippen MR) is 87.6 cm³/mol. The number of hydrogen-bond acceptors (Lipinski definition) is 6. The quantitative estimate of drug-likeness (QED) is 0.736. The van der Waals surface area contributed by atoms with Crippen molar-refractivity contribution in [1.82, 2.24) is 30.0 Å². The van der Waals surface area contributed by atoms with Gasteiger partial charge in [0.1, 0.15) is 5.82 Å². The van der Waals surface area contributed by atoms with E-state index in [-0.39, 0.29) is 28.1 Å². The van der Waals surface area contributed by atoms with Crippen LogP contribution in [0.2, 0.25) is 0 Å². The summed E-state index contributed by atoms with van der Waals surface area (Å²) in [5.41, 5.74) is 0.271. The lowest BCUT2D eigenvalue weighted by atomic mass is 10.1. The number of rotatable bonds is 5. The maximum atomic E-state index is 14.5. The summed E-state index contributed by atoms with van der Waals surface area (Å²) >= 11 is 0. The molecule has 25 heavy (non-hydrogen) atoms. The number of nitrogens with zero attached hydrogens (tertiary/aromatic N) is 6. The fourth-order valence-electron chi connectivity index (χ4n) is 2.31. The van der Waals surface area contributed by atoms with Gasteiger partial charge in [-0.1, -0.05) is 0 Å². The molecule has 132 valence electrons. The molecule has 0 amide bonds. The predicted octanol–water partition coefficient (Wildman–Crippen LogP) is 1.59. The van der Waals surface area contributed by atoms with Crippen molar-refractivity contribution in [3.8, 4) is 11.4 Å². The Morgan fingerprint density at radius 2 is 2.00 bits per heavy atom. The number of anilines is 1. The zero-order chi connectivity index (χ0) is 18.2. The van der Waals surface area contributed by atoms with E-state index < -0.39 is 15.8 Å². The average molecular weight is 365 g/mol. The van der Waals surface area contributed by atoms with E-state index in [1.54, 1.807) is 0 Å². The van der Waals surface area contributed by atoms with Crippen molar-refractivity contribution in [3.05, 3.63) is 36.3 Å². The second-order valence-electron chi connectivity index (χ2n) is 5.63. The summed E-state index contributed by atoms with van der Waals surface area (Å²) in [4.78, 5) is 0. The van der Waals surface area contributed by atoms with Crippen LogP contribution in [0.1, 0.15) is 19.9 Å². The summed E-state index contributed by atoms with van der Waals surface area (Å²) in [5.74, 6) is -0.365. The van der Waals surface area contributed by atoms with Crippen LogP contribution < -0.4 is 4.72 Å². The molecule has 3 rings (SSSR count). The molecular formula is C14H16FN7O2S. The zero-order valence-corrected chi connectivity index (χ0v) is 14.6. The first-order valence-electron chi connectivity index (χ1n) is 7.38. The average Bonchev–Trinajstić information content (AvgIpc) is 3.16. The van der Waals surface area contributed by atoms with Gasteiger partial charge in [0.05, 0.1) is 23.5 Å². The number of sulfonamides is 1. The normalized spacial score (nSPS) is 11.9. The Labute approximate surface area is 143 Å². The molecule has 0 spiro atoms. The fourth-order valence-corrected chi connectivity index (χ4v) is 3.49. The Morgan fingerprint density at radius 3 is 2.60 bits per heavy atom. The molecule has 9 nitrogen and oxygen atoms in total. The SMILES string of the molecule is CC(C)n1nnnc1-c1ccc(NS(=O)(=O)c2ccnn2C)cc1F. The summed E-state index contributed by atoms with van der Waals surface area (Å²) in [6, 6.07) is 5.27. The van der Waals surface area contributed by atoms with Crippen LogP contribution in [-0.4, -0.2) is 38.4 Å². The van der Waals surface area contributed by atoms with Crippen molar-refractivity contribution >= 4 is 15.7 Å². The van der Waals surface area contributed by atoms with Crippen molar-refractivity contribution in [2.24, 2.45) is 7.05 Å². The smallest absolute Gasteiger partial charge is 0.278 e. The van der Waals surface area contributed by atoms with E-state index in [1.807, 2.05) is 13.8 Å². The lowest BCUT2D eigenvalue weighted by molar-refractivity contribution is 0.517. The van der Waals surface area contributed by atoms with Crippen LogP contribution in [-0.2, 0) is 17.1 Å². The molecule has 2 heterocycles. The van der Waals surface area contributed by atoms with Crippen molar-refractivity contribution in [2.45, 2.75) is 24.9 Å². The number of halogens is 1. The first-order chi connectivity index (χ1) is 11.8. The Bertz CT molecular complexity index is 1010. The summed E-state index contributed by atoms with van der Waals surface area (Å²) in [6.45, 7) is 3.74. The minimum atomic E-state index is -3.87. The minimum Gasteiger partial charge on any atom is -0.278 e. The van der Waals surface area contributed by atoms with Gasteiger partial charge in [-0.15, -0.1) is 5.10 Å². The molecule has 2 aromatic heterocycles. The van der Waals surface area contributed by atoms with Gasteiger partial charge >= 0.3 is 0 Å². The van der Waals surface area contributed by atoms with Gasteiger partial charge in [-0.05, 0) is 48.5 Å². The summed E-state index contributed by atoms with van der Waals surface area (Å²) < 4.78 is 44.2. The van der Waals surface area contributed by atoms with E-state index in [4.69, 9.17) is 0 Å². The second kappa shape index (κ2) is 6.24. The van der Waals surface area contributed by atoms with Crippen molar-refractivity contribution in [2.75, 3.05) is 4.72 Å². The first-order valence-corrected chi connectivity index (χ1v) is 8.86. The van der Waals surface area contributed by atoms with Crippen LogP contribution in [0.15, 0.2) is 35.5 Å². The van der Waals surface area contributed by atoms with Gasteiger partial charge in [0.25, 0.3) is 10.0 Å².